The van der Waals surface area contributed by atoms with Crippen molar-refractivity contribution in [1.82, 2.24) is 5.32 Å². The Labute approximate surface area is 131 Å². The molecule has 23 heavy (non-hydrogen) atoms. The minimum absolute atomic E-state index is 0.0745. The van der Waals surface area contributed by atoms with Gasteiger partial charge in [0.15, 0.2) is 6.61 Å². The fraction of sp³-hybridized carbons (Fsp3) is 0.267. The number of benzene rings is 1. The van der Waals surface area contributed by atoms with Crippen LogP contribution in [0.4, 0.5) is 8.78 Å². The van der Waals surface area contributed by atoms with E-state index in [1.807, 2.05) is 0 Å². The molecule has 1 aromatic carbocycles. The van der Waals surface area contributed by atoms with Crippen LogP contribution in [-0.2, 0) is 9.53 Å². The number of halogens is 2. The summed E-state index contributed by atoms with van der Waals surface area (Å²) in [6.07, 6.45) is 0. The van der Waals surface area contributed by atoms with Crippen molar-refractivity contribution in [3.05, 3.63) is 46.8 Å². The molecule has 0 amide bonds. The molecule has 0 aromatic heterocycles. The number of carbonyl (C=O) groups excluding carboxylic acids is 2. The Hall–Kier alpha value is -2.77. The molecule has 1 rings (SSSR count). The van der Waals surface area contributed by atoms with Crippen LogP contribution in [-0.4, -0.2) is 30.6 Å². The van der Waals surface area contributed by atoms with E-state index in [1.165, 1.54) is 6.92 Å². The highest BCUT2D eigenvalue weighted by molar-refractivity contribution is 6.18. The van der Waals surface area contributed by atoms with E-state index in [9.17, 15) is 18.4 Å². The minimum atomic E-state index is -1.04. The molecule has 4 N–H and O–H groups in total. The van der Waals surface area contributed by atoms with Gasteiger partial charge >= 0.3 is 5.97 Å². The standard InChI is InChI=1S/C15H17F2N3O3/c1-3-20-14(19)12(8(2)18)15(22)23-7-11(21)13-9(16)5-4-6-10(13)17/h4-6,18,20H,3,7,19H2,1-2H3/b14-12+,18-8?. The lowest BCUT2D eigenvalue weighted by Crippen LogP contribution is -2.29. The van der Waals surface area contributed by atoms with Gasteiger partial charge in [0.05, 0.1) is 5.56 Å². The van der Waals surface area contributed by atoms with Gasteiger partial charge in [0, 0.05) is 12.3 Å². The zero-order valence-electron chi connectivity index (χ0n) is 12.7. The molecular formula is C15H17F2N3O3. The Bertz CT molecular complexity index is 652. The van der Waals surface area contributed by atoms with Crippen molar-refractivity contribution >= 4 is 17.5 Å². The molecule has 0 spiro atoms. The van der Waals surface area contributed by atoms with Crippen molar-refractivity contribution in [2.75, 3.05) is 13.2 Å². The molecule has 0 unspecified atom stereocenters. The maximum atomic E-state index is 13.5. The predicted molar refractivity (Wildman–Crippen MR) is 79.9 cm³/mol. The lowest BCUT2D eigenvalue weighted by atomic mass is 10.1. The van der Waals surface area contributed by atoms with Gasteiger partial charge in [-0.25, -0.2) is 13.6 Å². The summed E-state index contributed by atoms with van der Waals surface area (Å²) in [7, 11) is 0. The molecule has 0 bridgehead atoms. The summed E-state index contributed by atoms with van der Waals surface area (Å²) < 4.78 is 31.7. The van der Waals surface area contributed by atoms with Crippen LogP contribution in [0, 0.1) is 17.0 Å². The Kier molecular flexibility index (Phi) is 6.37. The Balaban J connectivity index is 2.88. The molecule has 1 aromatic rings. The third-order valence-electron chi connectivity index (χ3n) is 2.79. The van der Waals surface area contributed by atoms with Gasteiger partial charge in [-0.15, -0.1) is 0 Å². The normalized spacial score (nSPS) is 11.5. The van der Waals surface area contributed by atoms with Gasteiger partial charge in [-0.05, 0) is 26.0 Å². The van der Waals surface area contributed by atoms with Crippen molar-refractivity contribution in [3.63, 3.8) is 0 Å². The number of ketones is 1. The topological polar surface area (TPSA) is 105 Å². The average Bonchev–Trinajstić information content (AvgIpc) is 2.45. The quantitative estimate of drug-likeness (QED) is 0.305. The van der Waals surface area contributed by atoms with E-state index in [-0.39, 0.29) is 17.1 Å². The number of carbonyl (C=O) groups is 2. The van der Waals surface area contributed by atoms with Crippen LogP contribution in [0.3, 0.4) is 0 Å². The highest BCUT2D eigenvalue weighted by atomic mass is 19.1. The molecule has 0 aliphatic carbocycles. The second kappa shape index (κ2) is 8.02. The van der Waals surface area contributed by atoms with E-state index in [2.05, 4.69) is 5.32 Å². The first-order chi connectivity index (χ1) is 10.8. The number of nitrogens with two attached hydrogens (primary N) is 1. The molecule has 6 nitrogen and oxygen atoms in total. The summed E-state index contributed by atoms with van der Waals surface area (Å²) in [6, 6.07) is 2.96. The molecule has 0 fully saturated rings. The van der Waals surface area contributed by atoms with Crippen LogP contribution in [0.25, 0.3) is 0 Å². The number of esters is 1. The zero-order valence-corrected chi connectivity index (χ0v) is 12.7. The van der Waals surface area contributed by atoms with E-state index in [0.29, 0.717) is 6.54 Å². The Morgan fingerprint density at radius 2 is 1.87 bits per heavy atom. The zero-order chi connectivity index (χ0) is 17.6. The predicted octanol–water partition coefficient (Wildman–Crippen LogP) is 1.51. The number of hydrogen-bond acceptors (Lipinski definition) is 6. The maximum Gasteiger partial charge on any atom is 0.344 e. The molecule has 0 aliphatic rings. The second-order valence-electron chi connectivity index (χ2n) is 4.54. The number of Topliss-reactive ketones (excluding diaryl/α,β-unsaturated/α-hetero) is 1. The Morgan fingerprint density at radius 3 is 2.35 bits per heavy atom. The average molecular weight is 325 g/mol. The Morgan fingerprint density at radius 1 is 1.30 bits per heavy atom. The first-order valence-corrected chi connectivity index (χ1v) is 6.73. The first-order valence-electron chi connectivity index (χ1n) is 6.73. The summed E-state index contributed by atoms with van der Waals surface area (Å²) >= 11 is 0. The molecule has 124 valence electrons. The van der Waals surface area contributed by atoms with Gasteiger partial charge in [0.25, 0.3) is 0 Å². The van der Waals surface area contributed by atoms with Crippen LogP contribution < -0.4 is 11.1 Å². The van der Waals surface area contributed by atoms with Gasteiger partial charge in [-0.1, -0.05) is 6.07 Å². The van der Waals surface area contributed by atoms with Crippen molar-refractivity contribution in [1.29, 1.82) is 5.41 Å². The summed E-state index contributed by atoms with van der Waals surface area (Å²) in [5.41, 5.74) is 4.43. The molecule has 0 saturated heterocycles. The van der Waals surface area contributed by atoms with Crippen LogP contribution in [0.2, 0.25) is 0 Å². The van der Waals surface area contributed by atoms with E-state index < -0.39 is 35.6 Å². The van der Waals surface area contributed by atoms with Gasteiger partial charge in [-0.2, -0.15) is 0 Å². The van der Waals surface area contributed by atoms with Crippen LogP contribution in [0.1, 0.15) is 24.2 Å². The minimum Gasteiger partial charge on any atom is -0.454 e. The van der Waals surface area contributed by atoms with Crippen molar-refractivity contribution in [2.24, 2.45) is 5.73 Å². The van der Waals surface area contributed by atoms with E-state index in [0.717, 1.165) is 18.2 Å². The molecule has 0 heterocycles. The van der Waals surface area contributed by atoms with Gasteiger partial charge in [-0.3, -0.25) is 4.79 Å². The molecule has 0 radical (unpaired) electrons. The van der Waals surface area contributed by atoms with E-state index in [1.54, 1.807) is 6.92 Å². The van der Waals surface area contributed by atoms with Crippen LogP contribution in [0.15, 0.2) is 29.6 Å². The van der Waals surface area contributed by atoms with Gasteiger partial charge in [0.1, 0.15) is 23.0 Å². The highest BCUT2D eigenvalue weighted by Crippen LogP contribution is 2.13. The van der Waals surface area contributed by atoms with E-state index >= 15 is 0 Å². The van der Waals surface area contributed by atoms with Crippen LogP contribution >= 0.6 is 0 Å². The third-order valence-corrected chi connectivity index (χ3v) is 2.79. The molecule has 0 saturated carbocycles. The summed E-state index contributed by atoms with van der Waals surface area (Å²) in [4.78, 5) is 23.7. The highest BCUT2D eigenvalue weighted by Gasteiger charge is 2.22. The number of rotatable bonds is 7. The van der Waals surface area contributed by atoms with Crippen molar-refractivity contribution in [2.45, 2.75) is 13.8 Å². The monoisotopic (exact) mass is 325 g/mol. The second-order valence-corrected chi connectivity index (χ2v) is 4.54. The van der Waals surface area contributed by atoms with Gasteiger partial charge < -0.3 is 21.2 Å². The SMILES string of the molecule is CCN/C(N)=C(\C(C)=N)C(=O)OCC(=O)c1c(F)cccc1F. The smallest absolute Gasteiger partial charge is 0.344 e. The van der Waals surface area contributed by atoms with E-state index in [4.69, 9.17) is 15.9 Å². The number of nitrogens with one attached hydrogen (secondary N) is 2. The molecule has 0 atom stereocenters. The van der Waals surface area contributed by atoms with Crippen LogP contribution in [0.5, 0.6) is 0 Å². The maximum absolute atomic E-state index is 13.5. The van der Waals surface area contributed by atoms with Gasteiger partial charge in [0.2, 0.25) is 5.78 Å². The summed E-state index contributed by atoms with van der Waals surface area (Å²) in [6.45, 7) is 2.60. The van der Waals surface area contributed by atoms with Crippen molar-refractivity contribution < 1.29 is 23.1 Å². The molecular weight excluding hydrogens is 308 g/mol. The number of ether oxygens (including phenoxy) is 1. The summed E-state index contributed by atoms with van der Waals surface area (Å²) in [5, 5.41) is 10.2. The fourth-order valence-electron chi connectivity index (χ4n) is 1.78. The van der Waals surface area contributed by atoms with Crippen molar-refractivity contribution in [3.8, 4) is 0 Å². The number of hydrogen-bond donors (Lipinski definition) is 3. The lowest BCUT2D eigenvalue weighted by molar-refractivity contribution is -0.137. The third kappa shape index (κ3) is 4.60. The lowest BCUT2D eigenvalue weighted by Gasteiger charge is -2.11. The fourth-order valence-corrected chi connectivity index (χ4v) is 1.78. The molecule has 0 aliphatic heterocycles. The largest absolute Gasteiger partial charge is 0.454 e. The summed E-state index contributed by atoms with van der Waals surface area (Å²) in [5.74, 6) is -4.22. The molecule has 8 heteroatoms. The first kappa shape index (κ1) is 18.3.